The molecule has 2 rings (SSSR count). The number of amides is 1. The van der Waals surface area contributed by atoms with Crippen molar-refractivity contribution < 1.29 is 14.6 Å². The number of aliphatic hydroxyl groups excluding tert-OH is 1. The summed E-state index contributed by atoms with van der Waals surface area (Å²) in [5.74, 6) is 0.799. The van der Waals surface area contributed by atoms with E-state index in [0.29, 0.717) is 19.3 Å². The summed E-state index contributed by atoms with van der Waals surface area (Å²) in [4.78, 5) is 12.2. The van der Waals surface area contributed by atoms with Gasteiger partial charge in [0, 0.05) is 13.0 Å². The number of hydrogen-bond donors (Lipinski definition) is 2. The van der Waals surface area contributed by atoms with Gasteiger partial charge >= 0.3 is 0 Å². The largest absolute Gasteiger partial charge is 0.497 e. The maximum absolute atomic E-state index is 12.2. The van der Waals surface area contributed by atoms with Gasteiger partial charge < -0.3 is 15.2 Å². The first-order valence-corrected chi connectivity index (χ1v) is 7.81. The van der Waals surface area contributed by atoms with E-state index in [1.54, 1.807) is 7.11 Å². The number of carbonyl (C=O) groups is 1. The fourth-order valence-electron chi connectivity index (χ4n) is 2.45. The van der Waals surface area contributed by atoms with Crippen LogP contribution in [0.25, 0.3) is 0 Å². The molecule has 0 bridgehead atoms. The van der Waals surface area contributed by atoms with Crippen LogP contribution in [0.4, 0.5) is 0 Å². The molecule has 1 amide bonds. The monoisotopic (exact) mass is 313 g/mol. The minimum absolute atomic E-state index is 0.0110. The molecule has 0 aromatic heterocycles. The molecule has 4 heteroatoms. The van der Waals surface area contributed by atoms with Crippen LogP contribution in [0.3, 0.4) is 0 Å². The number of carbonyl (C=O) groups excluding carboxylic acids is 1. The lowest BCUT2D eigenvalue weighted by Crippen LogP contribution is -2.29. The van der Waals surface area contributed by atoms with Crippen molar-refractivity contribution in [3.8, 4) is 5.75 Å². The lowest BCUT2D eigenvalue weighted by Gasteiger charge is -2.18. The molecule has 2 N–H and O–H groups in total. The molecule has 0 fully saturated rings. The van der Waals surface area contributed by atoms with Crippen molar-refractivity contribution in [1.29, 1.82) is 0 Å². The number of benzene rings is 2. The first-order valence-electron chi connectivity index (χ1n) is 7.81. The summed E-state index contributed by atoms with van der Waals surface area (Å²) in [5.41, 5.74) is 2.11. The predicted molar refractivity (Wildman–Crippen MR) is 90.3 cm³/mol. The Morgan fingerprint density at radius 2 is 1.83 bits per heavy atom. The van der Waals surface area contributed by atoms with Gasteiger partial charge in [-0.05, 0) is 36.1 Å². The fourth-order valence-corrected chi connectivity index (χ4v) is 2.45. The maximum atomic E-state index is 12.2. The number of nitrogens with one attached hydrogen (secondary N) is 1. The Hall–Kier alpha value is -2.33. The molecule has 0 radical (unpaired) electrons. The second-order valence-electron chi connectivity index (χ2n) is 5.39. The Bertz CT molecular complexity index is 596. The summed E-state index contributed by atoms with van der Waals surface area (Å²) in [7, 11) is 1.63. The molecule has 1 atom stereocenters. The van der Waals surface area contributed by atoms with Crippen LogP contribution in [0.2, 0.25) is 0 Å². The van der Waals surface area contributed by atoms with Gasteiger partial charge in [0.05, 0.1) is 13.2 Å². The predicted octanol–water partition coefficient (Wildman–Crippen LogP) is 2.87. The first kappa shape index (κ1) is 17.0. The smallest absolute Gasteiger partial charge is 0.220 e. The van der Waals surface area contributed by atoms with Crippen LogP contribution in [0.5, 0.6) is 5.75 Å². The quantitative estimate of drug-likeness (QED) is 0.788. The molecule has 0 saturated carbocycles. The van der Waals surface area contributed by atoms with E-state index in [0.717, 1.165) is 16.9 Å². The Morgan fingerprint density at radius 1 is 1.13 bits per heavy atom. The molecule has 4 nitrogen and oxygen atoms in total. The fraction of sp³-hybridized carbons (Fsp3) is 0.316. The maximum Gasteiger partial charge on any atom is 0.220 e. The van der Waals surface area contributed by atoms with E-state index in [2.05, 4.69) is 5.32 Å². The normalized spacial score (nSPS) is 11.7. The minimum Gasteiger partial charge on any atom is -0.497 e. The Balaban J connectivity index is 1.88. The van der Waals surface area contributed by atoms with E-state index in [-0.39, 0.29) is 18.6 Å². The van der Waals surface area contributed by atoms with Gasteiger partial charge in [-0.15, -0.1) is 0 Å². The van der Waals surface area contributed by atoms with Gasteiger partial charge in [0.25, 0.3) is 0 Å². The molecule has 0 spiro atoms. The summed E-state index contributed by atoms with van der Waals surface area (Å²) in [5, 5.41) is 12.2. The second kappa shape index (κ2) is 8.96. The lowest BCUT2D eigenvalue weighted by molar-refractivity contribution is -0.121. The summed E-state index contributed by atoms with van der Waals surface area (Å²) < 4.78 is 5.12. The zero-order valence-corrected chi connectivity index (χ0v) is 13.4. The molecule has 0 aliphatic rings. The highest BCUT2D eigenvalue weighted by atomic mass is 16.5. The van der Waals surface area contributed by atoms with E-state index < -0.39 is 0 Å². The van der Waals surface area contributed by atoms with Crippen molar-refractivity contribution in [2.75, 3.05) is 13.7 Å². The summed E-state index contributed by atoms with van der Waals surface area (Å²) >= 11 is 0. The molecular formula is C19H23NO3. The van der Waals surface area contributed by atoms with Crippen molar-refractivity contribution >= 4 is 5.91 Å². The third-order valence-corrected chi connectivity index (χ3v) is 3.75. The van der Waals surface area contributed by atoms with Gasteiger partial charge in [-0.25, -0.2) is 0 Å². The lowest BCUT2D eigenvalue weighted by atomic mass is 10.0. The van der Waals surface area contributed by atoms with E-state index in [9.17, 15) is 9.90 Å². The van der Waals surface area contributed by atoms with Gasteiger partial charge in [-0.2, -0.15) is 0 Å². The van der Waals surface area contributed by atoms with Crippen molar-refractivity contribution in [3.63, 3.8) is 0 Å². The standard InChI is InChI=1S/C19H23NO3/c1-23-17-10-7-15(8-11-17)9-12-19(22)20-18(13-14-21)16-5-3-2-4-6-16/h2-8,10-11,18,21H,9,12-14H2,1H3,(H,20,22). The number of hydrogen-bond acceptors (Lipinski definition) is 3. The topological polar surface area (TPSA) is 58.6 Å². The summed E-state index contributed by atoms with van der Waals surface area (Å²) in [6, 6.07) is 17.3. The molecule has 1 unspecified atom stereocenters. The molecule has 2 aromatic carbocycles. The number of rotatable bonds is 8. The Kier molecular flexibility index (Phi) is 6.63. The van der Waals surface area contributed by atoms with Gasteiger partial charge in [0.15, 0.2) is 0 Å². The number of methoxy groups -OCH3 is 1. The van der Waals surface area contributed by atoms with Crippen LogP contribution in [0, 0.1) is 0 Å². The van der Waals surface area contributed by atoms with E-state index in [1.165, 1.54) is 0 Å². The van der Waals surface area contributed by atoms with E-state index in [1.807, 2.05) is 54.6 Å². The molecule has 23 heavy (non-hydrogen) atoms. The van der Waals surface area contributed by atoms with Crippen molar-refractivity contribution in [2.45, 2.75) is 25.3 Å². The average molecular weight is 313 g/mol. The van der Waals surface area contributed by atoms with Crippen molar-refractivity contribution in [1.82, 2.24) is 5.32 Å². The first-order chi connectivity index (χ1) is 11.2. The average Bonchev–Trinajstić information content (AvgIpc) is 2.61. The highest BCUT2D eigenvalue weighted by molar-refractivity contribution is 5.76. The van der Waals surface area contributed by atoms with Crippen LogP contribution in [0.1, 0.15) is 30.0 Å². The van der Waals surface area contributed by atoms with Gasteiger partial charge in [0.2, 0.25) is 5.91 Å². The van der Waals surface area contributed by atoms with Crippen LogP contribution >= 0.6 is 0 Å². The molecular weight excluding hydrogens is 290 g/mol. The van der Waals surface area contributed by atoms with Crippen LogP contribution in [0.15, 0.2) is 54.6 Å². The van der Waals surface area contributed by atoms with Crippen LogP contribution in [-0.2, 0) is 11.2 Å². The van der Waals surface area contributed by atoms with Crippen LogP contribution in [-0.4, -0.2) is 24.7 Å². The number of aliphatic hydroxyl groups is 1. The highest BCUT2D eigenvalue weighted by Gasteiger charge is 2.13. The minimum atomic E-state index is -0.149. The van der Waals surface area contributed by atoms with Crippen molar-refractivity contribution in [3.05, 3.63) is 65.7 Å². The third kappa shape index (κ3) is 5.42. The van der Waals surface area contributed by atoms with Gasteiger partial charge in [-0.3, -0.25) is 4.79 Å². The van der Waals surface area contributed by atoms with Crippen molar-refractivity contribution in [2.24, 2.45) is 0 Å². The number of aryl methyl sites for hydroxylation is 1. The van der Waals surface area contributed by atoms with Gasteiger partial charge in [0.1, 0.15) is 5.75 Å². The van der Waals surface area contributed by atoms with Gasteiger partial charge in [-0.1, -0.05) is 42.5 Å². The zero-order valence-electron chi connectivity index (χ0n) is 13.4. The summed E-state index contributed by atoms with van der Waals surface area (Å²) in [6.45, 7) is 0.0400. The molecule has 0 saturated heterocycles. The Labute approximate surface area is 137 Å². The van der Waals surface area contributed by atoms with E-state index in [4.69, 9.17) is 4.74 Å². The molecule has 0 aliphatic carbocycles. The highest BCUT2D eigenvalue weighted by Crippen LogP contribution is 2.17. The zero-order chi connectivity index (χ0) is 16.5. The Morgan fingerprint density at radius 3 is 2.43 bits per heavy atom. The number of ether oxygens (including phenoxy) is 1. The van der Waals surface area contributed by atoms with Crippen LogP contribution < -0.4 is 10.1 Å². The second-order valence-corrected chi connectivity index (χ2v) is 5.39. The SMILES string of the molecule is COc1ccc(CCC(=O)NC(CCO)c2ccccc2)cc1. The summed E-state index contributed by atoms with van der Waals surface area (Å²) in [6.07, 6.45) is 1.61. The molecule has 0 aliphatic heterocycles. The molecule has 2 aromatic rings. The third-order valence-electron chi connectivity index (χ3n) is 3.75. The molecule has 122 valence electrons. The molecule has 0 heterocycles. The van der Waals surface area contributed by atoms with E-state index >= 15 is 0 Å².